The summed E-state index contributed by atoms with van der Waals surface area (Å²) >= 11 is 0. The summed E-state index contributed by atoms with van der Waals surface area (Å²) in [6.45, 7) is 7.37. The lowest BCUT2D eigenvalue weighted by Crippen LogP contribution is -2.31. The highest BCUT2D eigenvalue weighted by Crippen LogP contribution is 2.23. The number of benzene rings is 1. The second-order valence-corrected chi connectivity index (χ2v) is 8.30. The summed E-state index contributed by atoms with van der Waals surface area (Å²) in [5, 5.41) is 2.92. The molecule has 1 aromatic rings. The smallest absolute Gasteiger partial charge is 0.255 e. The molecule has 0 spiro atoms. The normalized spacial score (nSPS) is 18.5. The van der Waals surface area contributed by atoms with Gasteiger partial charge in [-0.2, -0.15) is 0 Å². The maximum atomic E-state index is 12.5. The standard InChI is InChI=1S/C17H26N2O4S/c1-4-19-9-8-13(12-19)11-18-17(20)15-10-14(24(21,22)5-2)6-7-16(15)23-3/h6-7,10,13H,4-5,8-9,11-12H2,1-3H3,(H,18,20). The minimum Gasteiger partial charge on any atom is -0.496 e. The lowest BCUT2D eigenvalue weighted by molar-refractivity contribution is 0.0944. The Balaban J connectivity index is 2.11. The highest BCUT2D eigenvalue weighted by molar-refractivity contribution is 7.91. The first-order chi connectivity index (χ1) is 11.4. The van der Waals surface area contributed by atoms with Gasteiger partial charge in [-0.15, -0.1) is 0 Å². The number of carbonyl (C=O) groups is 1. The topological polar surface area (TPSA) is 75.7 Å². The van der Waals surface area contributed by atoms with Crippen LogP contribution in [0.15, 0.2) is 23.1 Å². The summed E-state index contributed by atoms with van der Waals surface area (Å²) < 4.78 is 29.3. The van der Waals surface area contributed by atoms with Crippen LogP contribution in [0.5, 0.6) is 5.75 Å². The molecule has 0 bridgehead atoms. The number of nitrogens with one attached hydrogen (secondary N) is 1. The van der Waals surface area contributed by atoms with Crippen molar-refractivity contribution >= 4 is 15.7 Å². The number of likely N-dealkylation sites (tertiary alicyclic amines) is 1. The molecule has 1 aromatic carbocycles. The molecule has 1 aliphatic heterocycles. The van der Waals surface area contributed by atoms with Crippen molar-refractivity contribution in [1.82, 2.24) is 10.2 Å². The van der Waals surface area contributed by atoms with Crippen LogP contribution in [-0.4, -0.2) is 58.3 Å². The lowest BCUT2D eigenvalue weighted by Gasteiger charge is -2.15. The summed E-state index contributed by atoms with van der Waals surface area (Å²) in [4.78, 5) is 15.0. The molecule has 1 fully saturated rings. The van der Waals surface area contributed by atoms with E-state index in [1.165, 1.54) is 25.3 Å². The molecule has 1 atom stereocenters. The van der Waals surface area contributed by atoms with Crippen LogP contribution in [-0.2, 0) is 9.84 Å². The predicted octanol–water partition coefficient (Wildman–Crippen LogP) is 1.56. The van der Waals surface area contributed by atoms with Crippen LogP contribution in [0.4, 0.5) is 0 Å². The molecule has 1 N–H and O–H groups in total. The van der Waals surface area contributed by atoms with Gasteiger partial charge in [-0.25, -0.2) is 8.42 Å². The van der Waals surface area contributed by atoms with Crippen LogP contribution in [0.2, 0.25) is 0 Å². The molecule has 0 saturated carbocycles. The lowest BCUT2D eigenvalue weighted by atomic mass is 10.1. The largest absolute Gasteiger partial charge is 0.496 e. The van der Waals surface area contributed by atoms with Crippen LogP contribution >= 0.6 is 0 Å². The van der Waals surface area contributed by atoms with Gasteiger partial charge in [-0.3, -0.25) is 4.79 Å². The zero-order valence-electron chi connectivity index (χ0n) is 14.5. The summed E-state index contributed by atoms with van der Waals surface area (Å²) in [6.07, 6.45) is 1.06. The van der Waals surface area contributed by atoms with Gasteiger partial charge in [0.15, 0.2) is 9.84 Å². The summed E-state index contributed by atoms with van der Waals surface area (Å²) in [7, 11) is -1.89. The van der Waals surface area contributed by atoms with E-state index in [1.54, 1.807) is 6.92 Å². The average Bonchev–Trinajstić information content (AvgIpc) is 3.07. The molecular formula is C17H26N2O4S. The number of hydrogen-bond acceptors (Lipinski definition) is 5. The third-order valence-corrected chi connectivity index (χ3v) is 6.26. The van der Waals surface area contributed by atoms with Gasteiger partial charge < -0.3 is 15.0 Å². The van der Waals surface area contributed by atoms with Crippen molar-refractivity contribution in [3.8, 4) is 5.75 Å². The summed E-state index contributed by atoms with van der Waals surface area (Å²) in [6, 6.07) is 4.41. The number of methoxy groups -OCH3 is 1. The second kappa shape index (κ2) is 7.98. The number of rotatable bonds is 7. The molecule has 1 aliphatic rings. The Bertz CT molecular complexity index is 688. The van der Waals surface area contributed by atoms with Crippen molar-refractivity contribution in [2.75, 3.05) is 39.0 Å². The number of sulfone groups is 1. The molecule has 1 saturated heterocycles. The van der Waals surface area contributed by atoms with Gasteiger partial charge in [0.25, 0.3) is 5.91 Å². The Morgan fingerprint density at radius 2 is 2.12 bits per heavy atom. The molecule has 1 amide bonds. The molecule has 24 heavy (non-hydrogen) atoms. The average molecular weight is 354 g/mol. The van der Waals surface area contributed by atoms with E-state index in [2.05, 4.69) is 17.1 Å². The number of hydrogen-bond donors (Lipinski definition) is 1. The molecule has 0 aliphatic carbocycles. The molecule has 7 heteroatoms. The molecule has 1 unspecified atom stereocenters. The Morgan fingerprint density at radius 3 is 2.71 bits per heavy atom. The Hall–Kier alpha value is -1.60. The Labute approximate surface area is 144 Å². The van der Waals surface area contributed by atoms with Gasteiger partial charge in [0.05, 0.1) is 23.3 Å². The number of nitrogens with zero attached hydrogens (tertiary/aromatic N) is 1. The molecule has 6 nitrogen and oxygen atoms in total. The van der Waals surface area contributed by atoms with Crippen LogP contribution in [0.1, 0.15) is 30.6 Å². The monoisotopic (exact) mass is 354 g/mol. The van der Waals surface area contributed by atoms with Crippen LogP contribution in [0.25, 0.3) is 0 Å². The maximum absolute atomic E-state index is 12.5. The quantitative estimate of drug-likeness (QED) is 0.804. The van der Waals surface area contributed by atoms with Crippen molar-refractivity contribution in [3.05, 3.63) is 23.8 Å². The highest BCUT2D eigenvalue weighted by Gasteiger charge is 2.23. The van der Waals surface area contributed by atoms with Gasteiger partial charge in [0.2, 0.25) is 0 Å². The van der Waals surface area contributed by atoms with Crippen LogP contribution in [0.3, 0.4) is 0 Å². The van der Waals surface area contributed by atoms with Crippen molar-refractivity contribution in [2.45, 2.75) is 25.2 Å². The highest BCUT2D eigenvalue weighted by atomic mass is 32.2. The molecule has 0 radical (unpaired) electrons. The summed E-state index contributed by atoms with van der Waals surface area (Å²) in [5.74, 6) is 0.511. The van der Waals surface area contributed by atoms with Gasteiger partial charge in [0.1, 0.15) is 5.75 Å². The molecule has 134 valence electrons. The van der Waals surface area contributed by atoms with E-state index in [4.69, 9.17) is 4.74 Å². The first kappa shape index (κ1) is 18.7. The third-order valence-electron chi connectivity index (χ3n) is 4.52. The fourth-order valence-electron chi connectivity index (χ4n) is 2.92. The molecule has 1 heterocycles. The van der Waals surface area contributed by atoms with Crippen molar-refractivity contribution < 1.29 is 17.9 Å². The van der Waals surface area contributed by atoms with E-state index in [1.807, 2.05) is 0 Å². The molecule has 2 rings (SSSR count). The van der Waals surface area contributed by atoms with Gasteiger partial charge in [0, 0.05) is 13.1 Å². The van der Waals surface area contributed by atoms with E-state index in [9.17, 15) is 13.2 Å². The zero-order chi connectivity index (χ0) is 17.7. The Kier molecular flexibility index (Phi) is 6.23. The first-order valence-electron chi connectivity index (χ1n) is 8.32. The van der Waals surface area contributed by atoms with Gasteiger partial charge in [-0.1, -0.05) is 13.8 Å². The van der Waals surface area contributed by atoms with Crippen molar-refractivity contribution in [3.63, 3.8) is 0 Å². The van der Waals surface area contributed by atoms with Gasteiger partial charge >= 0.3 is 0 Å². The number of ether oxygens (including phenoxy) is 1. The minimum atomic E-state index is -3.36. The zero-order valence-corrected chi connectivity index (χ0v) is 15.4. The fraction of sp³-hybridized carbons (Fsp3) is 0.588. The van der Waals surface area contributed by atoms with E-state index < -0.39 is 9.84 Å². The maximum Gasteiger partial charge on any atom is 0.255 e. The summed E-state index contributed by atoms with van der Waals surface area (Å²) in [5.41, 5.74) is 0.261. The minimum absolute atomic E-state index is 0.00465. The third kappa shape index (κ3) is 4.27. The van der Waals surface area contributed by atoms with Crippen LogP contribution < -0.4 is 10.1 Å². The fourth-order valence-corrected chi connectivity index (χ4v) is 3.83. The van der Waals surface area contributed by atoms with Gasteiger partial charge in [-0.05, 0) is 43.6 Å². The van der Waals surface area contributed by atoms with E-state index >= 15 is 0 Å². The van der Waals surface area contributed by atoms with Crippen molar-refractivity contribution in [1.29, 1.82) is 0 Å². The molecular weight excluding hydrogens is 328 g/mol. The van der Waals surface area contributed by atoms with E-state index in [-0.39, 0.29) is 22.1 Å². The number of amides is 1. The van der Waals surface area contributed by atoms with E-state index in [0.717, 1.165) is 26.1 Å². The predicted molar refractivity (Wildman–Crippen MR) is 93.3 cm³/mol. The van der Waals surface area contributed by atoms with Crippen LogP contribution in [0, 0.1) is 5.92 Å². The Morgan fingerprint density at radius 1 is 1.38 bits per heavy atom. The molecule has 0 aromatic heterocycles. The SMILES string of the molecule is CCN1CCC(CNC(=O)c2cc(S(=O)(=O)CC)ccc2OC)C1. The second-order valence-electron chi connectivity index (χ2n) is 6.02. The van der Waals surface area contributed by atoms with Crippen molar-refractivity contribution in [2.24, 2.45) is 5.92 Å². The van der Waals surface area contributed by atoms with E-state index in [0.29, 0.717) is 18.2 Å². The number of carbonyl (C=O) groups excluding carboxylic acids is 1. The first-order valence-corrected chi connectivity index (χ1v) is 9.97.